The molecular formula is C22H30N2O4S2. The first-order valence-corrected chi connectivity index (χ1v) is 13.4. The molecule has 6 nitrogen and oxygen atoms in total. The Bertz CT molecular complexity index is 1050. The smallest absolute Gasteiger partial charge is 0.261 e. The van der Waals surface area contributed by atoms with Crippen LogP contribution in [0, 0.1) is 0 Å². The Morgan fingerprint density at radius 2 is 1.57 bits per heavy atom. The van der Waals surface area contributed by atoms with Gasteiger partial charge in [-0.2, -0.15) is 4.31 Å². The molecule has 30 heavy (non-hydrogen) atoms. The molecule has 0 saturated carbocycles. The second kappa shape index (κ2) is 9.49. The molecule has 3 rings (SSSR count). The van der Waals surface area contributed by atoms with E-state index in [9.17, 15) is 16.8 Å². The van der Waals surface area contributed by atoms with Crippen LogP contribution in [0.1, 0.15) is 51.5 Å². The van der Waals surface area contributed by atoms with Crippen LogP contribution in [0.5, 0.6) is 0 Å². The number of hydrogen-bond donors (Lipinski definition) is 1. The quantitative estimate of drug-likeness (QED) is 0.646. The molecule has 1 saturated heterocycles. The minimum absolute atomic E-state index is 0.0257. The minimum atomic E-state index is -3.74. The summed E-state index contributed by atoms with van der Waals surface area (Å²) in [6.07, 6.45) is 5.83. The number of benzene rings is 2. The molecular weight excluding hydrogens is 420 g/mol. The second-order valence-corrected chi connectivity index (χ2v) is 11.4. The van der Waals surface area contributed by atoms with Crippen LogP contribution < -0.4 is 4.72 Å². The van der Waals surface area contributed by atoms with Gasteiger partial charge in [0.2, 0.25) is 10.0 Å². The number of unbranched alkanes of at least 4 members (excludes halogenated alkanes) is 1. The van der Waals surface area contributed by atoms with Gasteiger partial charge in [-0.25, -0.2) is 16.8 Å². The summed E-state index contributed by atoms with van der Waals surface area (Å²) in [6.45, 7) is 4.56. The summed E-state index contributed by atoms with van der Waals surface area (Å²) in [6, 6.07) is 12.8. The molecule has 0 aliphatic carbocycles. The molecule has 164 valence electrons. The molecule has 2 aromatic rings. The van der Waals surface area contributed by atoms with E-state index >= 15 is 0 Å². The Hall–Kier alpha value is -1.90. The molecule has 1 N–H and O–H groups in total. The fraction of sp³-hybridized carbons (Fsp3) is 0.455. The third-order valence-corrected chi connectivity index (χ3v) is 8.93. The van der Waals surface area contributed by atoms with Crippen molar-refractivity contribution in [2.24, 2.45) is 0 Å². The first-order chi connectivity index (χ1) is 14.2. The van der Waals surface area contributed by atoms with Crippen LogP contribution in [0.4, 0.5) is 5.69 Å². The number of rotatable bonds is 8. The van der Waals surface area contributed by atoms with Gasteiger partial charge in [-0.3, -0.25) is 4.72 Å². The van der Waals surface area contributed by atoms with Crippen LogP contribution in [0.2, 0.25) is 0 Å². The fourth-order valence-electron chi connectivity index (χ4n) is 3.69. The van der Waals surface area contributed by atoms with Crippen molar-refractivity contribution < 1.29 is 16.8 Å². The van der Waals surface area contributed by atoms with Gasteiger partial charge in [0, 0.05) is 18.3 Å². The summed E-state index contributed by atoms with van der Waals surface area (Å²) in [5.41, 5.74) is 1.44. The van der Waals surface area contributed by atoms with Crippen molar-refractivity contribution in [3.8, 4) is 0 Å². The zero-order valence-corrected chi connectivity index (χ0v) is 19.2. The maximum Gasteiger partial charge on any atom is 0.261 e. The summed E-state index contributed by atoms with van der Waals surface area (Å²) < 4.78 is 55.2. The van der Waals surface area contributed by atoms with Gasteiger partial charge in [0.05, 0.1) is 9.79 Å². The third-order valence-electron chi connectivity index (χ3n) is 5.51. The molecule has 0 radical (unpaired) electrons. The van der Waals surface area contributed by atoms with E-state index < -0.39 is 20.0 Å². The van der Waals surface area contributed by atoms with Crippen LogP contribution in [0.25, 0.3) is 0 Å². The zero-order chi connectivity index (χ0) is 21.8. The molecule has 0 aromatic heterocycles. The molecule has 1 unspecified atom stereocenters. The number of anilines is 1. The van der Waals surface area contributed by atoms with Gasteiger partial charge in [0.25, 0.3) is 10.0 Å². The van der Waals surface area contributed by atoms with Gasteiger partial charge in [0.15, 0.2) is 0 Å². The summed E-state index contributed by atoms with van der Waals surface area (Å²) in [5, 5.41) is 0. The standard InChI is InChI=1S/C22H30N2O4S2/c1-3-4-8-19-9-13-21(14-10-19)29(25,26)23-20-11-15-22(16-12-20)30(27,28)24-17-6-5-7-18(24)2/h9-16,18,23H,3-8,17H2,1-2H3. The fourth-order valence-corrected chi connectivity index (χ4v) is 6.45. The van der Waals surface area contributed by atoms with E-state index in [1.54, 1.807) is 12.1 Å². The molecule has 1 heterocycles. The predicted molar refractivity (Wildman–Crippen MR) is 120 cm³/mol. The van der Waals surface area contributed by atoms with E-state index in [1.165, 1.54) is 28.6 Å². The summed E-state index contributed by atoms with van der Waals surface area (Å²) in [7, 11) is -7.32. The topological polar surface area (TPSA) is 83.5 Å². The molecule has 0 amide bonds. The van der Waals surface area contributed by atoms with Crippen LogP contribution in [0.15, 0.2) is 58.3 Å². The number of piperidine rings is 1. The lowest BCUT2D eigenvalue weighted by molar-refractivity contribution is 0.268. The summed E-state index contributed by atoms with van der Waals surface area (Å²) in [5.74, 6) is 0. The predicted octanol–water partition coefficient (Wildman–Crippen LogP) is 4.39. The molecule has 1 aliphatic rings. The van der Waals surface area contributed by atoms with Crippen LogP contribution in [-0.4, -0.2) is 33.7 Å². The SMILES string of the molecule is CCCCc1ccc(S(=O)(=O)Nc2ccc(S(=O)(=O)N3CCCCC3C)cc2)cc1. The minimum Gasteiger partial charge on any atom is -0.280 e. The lowest BCUT2D eigenvalue weighted by atomic mass is 10.1. The third kappa shape index (κ3) is 5.22. The molecule has 0 bridgehead atoms. The normalized spacial score (nSPS) is 18.3. The highest BCUT2D eigenvalue weighted by Crippen LogP contribution is 2.26. The Morgan fingerprint density at radius 3 is 2.17 bits per heavy atom. The zero-order valence-electron chi connectivity index (χ0n) is 17.5. The largest absolute Gasteiger partial charge is 0.280 e. The molecule has 0 spiro atoms. The highest BCUT2D eigenvalue weighted by Gasteiger charge is 2.30. The highest BCUT2D eigenvalue weighted by molar-refractivity contribution is 7.92. The van der Waals surface area contributed by atoms with Gasteiger partial charge in [-0.15, -0.1) is 0 Å². The van der Waals surface area contributed by atoms with E-state index in [1.807, 2.05) is 19.1 Å². The second-order valence-electron chi connectivity index (χ2n) is 7.84. The molecule has 1 fully saturated rings. The summed E-state index contributed by atoms with van der Waals surface area (Å²) in [4.78, 5) is 0.362. The first kappa shape index (κ1) is 22.8. The van der Waals surface area contributed by atoms with Crippen molar-refractivity contribution in [3.05, 3.63) is 54.1 Å². The number of nitrogens with one attached hydrogen (secondary N) is 1. The molecule has 8 heteroatoms. The van der Waals surface area contributed by atoms with Crippen molar-refractivity contribution in [1.82, 2.24) is 4.31 Å². The van der Waals surface area contributed by atoms with Crippen molar-refractivity contribution in [3.63, 3.8) is 0 Å². The van der Waals surface area contributed by atoms with Gasteiger partial charge in [-0.1, -0.05) is 31.9 Å². The monoisotopic (exact) mass is 450 g/mol. The van der Waals surface area contributed by atoms with Crippen LogP contribution >= 0.6 is 0 Å². The highest BCUT2D eigenvalue weighted by atomic mass is 32.2. The van der Waals surface area contributed by atoms with Crippen molar-refractivity contribution in [2.75, 3.05) is 11.3 Å². The molecule has 2 aromatic carbocycles. The Labute approximate surface area is 180 Å². The maximum absolute atomic E-state index is 12.9. The maximum atomic E-state index is 12.9. The van der Waals surface area contributed by atoms with Crippen molar-refractivity contribution >= 4 is 25.7 Å². The Balaban J connectivity index is 1.73. The van der Waals surface area contributed by atoms with E-state index in [0.29, 0.717) is 12.2 Å². The Kier molecular flexibility index (Phi) is 7.21. The average molecular weight is 451 g/mol. The first-order valence-electron chi connectivity index (χ1n) is 10.5. The van der Waals surface area contributed by atoms with E-state index in [2.05, 4.69) is 11.6 Å². The number of nitrogens with zero attached hydrogens (tertiary/aromatic N) is 1. The Morgan fingerprint density at radius 1 is 0.933 bits per heavy atom. The van der Waals surface area contributed by atoms with Crippen LogP contribution in [0.3, 0.4) is 0 Å². The molecule has 1 aliphatic heterocycles. The lowest BCUT2D eigenvalue weighted by Crippen LogP contribution is -2.41. The molecule has 1 atom stereocenters. The lowest BCUT2D eigenvalue weighted by Gasteiger charge is -2.32. The van der Waals surface area contributed by atoms with E-state index in [-0.39, 0.29) is 15.8 Å². The van der Waals surface area contributed by atoms with Gasteiger partial charge in [-0.05, 0) is 74.6 Å². The van der Waals surface area contributed by atoms with Gasteiger partial charge < -0.3 is 0 Å². The average Bonchev–Trinajstić information content (AvgIpc) is 2.73. The number of hydrogen-bond acceptors (Lipinski definition) is 4. The van der Waals surface area contributed by atoms with E-state index in [4.69, 9.17) is 0 Å². The number of aryl methyl sites for hydroxylation is 1. The number of sulfonamides is 2. The van der Waals surface area contributed by atoms with Gasteiger partial charge in [0.1, 0.15) is 0 Å². The van der Waals surface area contributed by atoms with Crippen LogP contribution in [-0.2, 0) is 26.5 Å². The van der Waals surface area contributed by atoms with Crippen molar-refractivity contribution in [2.45, 2.75) is 68.2 Å². The summed E-state index contributed by atoms with van der Waals surface area (Å²) >= 11 is 0. The van der Waals surface area contributed by atoms with E-state index in [0.717, 1.165) is 44.1 Å². The van der Waals surface area contributed by atoms with Crippen molar-refractivity contribution in [1.29, 1.82) is 0 Å². The van der Waals surface area contributed by atoms with Gasteiger partial charge >= 0.3 is 0 Å².